The summed E-state index contributed by atoms with van der Waals surface area (Å²) in [4.78, 5) is 2.05. The van der Waals surface area contributed by atoms with Crippen molar-refractivity contribution in [3.05, 3.63) is 46.8 Å². The maximum Gasteiger partial charge on any atom is 0.173 e. The molecule has 1 aromatic carbocycles. The molecule has 0 saturated heterocycles. The molecule has 2 rings (SSSR count). The summed E-state index contributed by atoms with van der Waals surface area (Å²) in [5.41, 5.74) is 5.79. The fraction of sp³-hybridized carbons (Fsp3) is 0.412. The van der Waals surface area contributed by atoms with Gasteiger partial charge in [0.05, 0.1) is 5.69 Å². The zero-order valence-electron chi connectivity index (χ0n) is 14.0. The molecule has 0 aliphatic rings. The third-order valence-corrected chi connectivity index (χ3v) is 4.29. The van der Waals surface area contributed by atoms with Gasteiger partial charge in [0, 0.05) is 37.1 Å². The fourth-order valence-corrected chi connectivity index (χ4v) is 2.62. The highest BCUT2D eigenvalue weighted by Crippen LogP contribution is 2.16. The number of thiocarbonyl (C=S) groups is 1. The second-order valence-electron chi connectivity index (χ2n) is 5.62. The van der Waals surface area contributed by atoms with E-state index in [0.29, 0.717) is 5.11 Å². The molecule has 0 spiro atoms. The SMILES string of the molecule is CCn1nc(C)c(CN(C)C(=S)Nc2ccc(C)cc2)c1C. The van der Waals surface area contributed by atoms with E-state index in [-0.39, 0.29) is 0 Å². The van der Waals surface area contributed by atoms with Gasteiger partial charge in [-0.25, -0.2) is 0 Å². The molecule has 0 radical (unpaired) electrons. The number of benzene rings is 1. The second kappa shape index (κ2) is 6.92. The van der Waals surface area contributed by atoms with E-state index in [2.05, 4.69) is 50.2 Å². The topological polar surface area (TPSA) is 33.1 Å². The quantitative estimate of drug-likeness (QED) is 0.873. The Balaban J connectivity index is 2.05. The molecule has 0 bridgehead atoms. The van der Waals surface area contributed by atoms with Crippen LogP contribution in [0.3, 0.4) is 0 Å². The lowest BCUT2D eigenvalue weighted by Gasteiger charge is -2.21. The number of nitrogens with zero attached hydrogens (tertiary/aromatic N) is 3. The van der Waals surface area contributed by atoms with E-state index in [1.165, 1.54) is 16.8 Å². The average Bonchev–Trinajstić information content (AvgIpc) is 2.76. The van der Waals surface area contributed by atoms with Gasteiger partial charge in [0.2, 0.25) is 0 Å². The number of hydrogen-bond acceptors (Lipinski definition) is 2. The molecular weight excluding hydrogens is 292 g/mol. The van der Waals surface area contributed by atoms with Crippen molar-refractivity contribution in [1.82, 2.24) is 14.7 Å². The normalized spacial score (nSPS) is 10.6. The molecule has 118 valence electrons. The minimum absolute atomic E-state index is 0.715. The summed E-state index contributed by atoms with van der Waals surface area (Å²) in [7, 11) is 2.01. The molecular formula is C17H24N4S. The molecule has 22 heavy (non-hydrogen) atoms. The highest BCUT2D eigenvalue weighted by molar-refractivity contribution is 7.80. The van der Waals surface area contributed by atoms with Gasteiger partial charge in [-0.2, -0.15) is 5.10 Å². The zero-order valence-corrected chi connectivity index (χ0v) is 14.8. The van der Waals surface area contributed by atoms with Crippen molar-refractivity contribution in [3.8, 4) is 0 Å². The molecule has 2 aromatic rings. The number of rotatable bonds is 4. The highest BCUT2D eigenvalue weighted by atomic mass is 32.1. The number of anilines is 1. The second-order valence-corrected chi connectivity index (χ2v) is 6.00. The Bertz CT molecular complexity index is 658. The Morgan fingerprint density at radius 3 is 2.41 bits per heavy atom. The van der Waals surface area contributed by atoms with E-state index in [9.17, 15) is 0 Å². The van der Waals surface area contributed by atoms with Crippen LogP contribution in [-0.2, 0) is 13.1 Å². The molecule has 0 amide bonds. The number of hydrogen-bond donors (Lipinski definition) is 1. The van der Waals surface area contributed by atoms with E-state index in [0.717, 1.165) is 24.5 Å². The summed E-state index contributed by atoms with van der Waals surface area (Å²) in [6.45, 7) is 10.0. The monoisotopic (exact) mass is 316 g/mol. The zero-order chi connectivity index (χ0) is 16.3. The fourth-order valence-electron chi connectivity index (χ4n) is 2.44. The minimum Gasteiger partial charge on any atom is -0.348 e. The summed E-state index contributed by atoms with van der Waals surface area (Å²) in [5.74, 6) is 0. The van der Waals surface area contributed by atoms with Crippen LogP contribution in [0, 0.1) is 20.8 Å². The van der Waals surface area contributed by atoms with E-state index in [4.69, 9.17) is 12.2 Å². The smallest absolute Gasteiger partial charge is 0.173 e. The standard InChI is InChI=1S/C17H24N4S/c1-6-21-14(4)16(13(3)19-21)11-20(5)17(22)18-15-9-7-12(2)8-10-15/h7-10H,6,11H2,1-5H3,(H,18,22). The van der Waals surface area contributed by atoms with Gasteiger partial charge in [-0.15, -0.1) is 0 Å². The van der Waals surface area contributed by atoms with Crippen LogP contribution in [0.25, 0.3) is 0 Å². The summed E-state index contributed by atoms with van der Waals surface area (Å²) in [6, 6.07) is 8.23. The Kier molecular flexibility index (Phi) is 5.19. The van der Waals surface area contributed by atoms with Crippen molar-refractivity contribution < 1.29 is 0 Å². The Morgan fingerprint density at radius 1 is 1.23 bits per heavy atom. The molecule has 1 N–H and O–H groups in total. The predicted molar refractivity (Wildman–Crippen MR) is 96.2 cm³/mol. The predicted octanol–water partition coefficient (Wildman–Crippen LogP) is 3.66. The summed E-state index contributed by atoms with van der Waals surface area (Å²) in [5, 5.41) is 8.55. The molecule has 0 fully saturated rings. The highest BCUT2D eigenvalue weighted by Gasteiger charge is 2.14. The molecule has 1 heterocycles. The first kappa shape index (κ1) is 16.5. The van der Waals surface area contributed by atoms with Crippen molar-refractivity contribution in [2.45, 2.75) is 40.8 Å². The lowest BCUT2D eigenvalue weighted by molar-refractivity contribution is 0.504. The molecule has 0 atom stereocenters. The number of aromatic nitrogens is 2. The minimum atomic E-state index is 0.715. The van der Waals surface area contributed by atoms with Crippen molar-refractivity contribution in [1.29, 1.82) is 0 Å². The molecule has 5 heteroatoms. The van der Waals surface area contributed by atoms with Crippen LogP contribution >= 0.6 is 12.2 Å². The van der Waals surface area contributed by atoms with Gasteiger partial charge in [0.25, 0.3) is 0 Å². The first-order valence-electron chi connectivity index (χ1n) is 7.54. The molecule has 4 nitrogen and oxygen atoms in total. The van der Waals surface area contributed by atoms with Crippen LogP contribution < -0.4 is 5.32 Å². The molecule has 1 aromatic heterocycles. The van der Waals surface area contributed by atoms with Crippen molar-refractivity contribution in [2.24, 2.45) is 0 Å². The first-order valence-corrected chi connectivity index (χ1v) is 7.94. The van der Waals surface area contributed by atoms with Crippen molar-refractivity contribution in [3.63, 3.8) is 0 Å². The van der Waals surface area contributed by atoms with Gasteiger partial charge in [-0.1, -0.05) is 17.7 Å². The largest absolute Gasteiger partial charge is 0.348 e. The van der Waals surface area contributed by atoms with Crippen LogP contribution in [-0.4, -0.2) is 26.8 Å². The van der Waals surface area contributed by atoms with Gasteiger partial charge >= 0.3 is 0 Å². The lowest BCUT2D eigenvalue weighted by atomic mass is 10.2. The van der Waals surface area contributed by atoms with E-state index < -0.39 is 0 Å². The average molecular weight is 316 g/mol. The maximum atomic E-state index is 5.50. The number of nitrogens with one attached hydrogen (secondary N) is 1. The van der Waals surface area contributed by atoms with Gasteiger partial charge in [-0.05, 0) is 52.0 Å². The van der Waals surface area contributed by atoms with Crippen LogP contribution in [0.5, 0.6) is 0 Å². The molecule has 0 unspecified atom stereocenters. The third-order valence-electron chi connectivity index (χ3n) is 3.88. The molecule has 0 aliphatic carbocycles. The molecule has 0 aliphatic heterocycles. The third kappa shape index (κ3) is 3.65. The van der Waals surface area contributed by atoms with Gasteiger partial charge in [0.15, 0.2) is 5.11 Å². The Hall–Kier alpha value is -1.88. The first-order chi connectivity index (χ1) is 10.4. The van der Waals surface area contributed by atoms with Crippen LogP contribution in [0.15, 0.2) is 24.3 Å². The Labute approximate surface area is 138 Å². The van der Waals surface area contributed by atoms with E-state index in [1.54, 1.807) is 0 Å². The maximum absolute atomic E-state index is 5.50. The van der Waals surface area contributed by atoms with Crippen LogP contribution in [0.1, 0.15) is 29.4 Å². The van der Waals surface area contributed by atoms with Crippen molar-refractivity contribution >= 4 is 23.0 Å². The molecule has 0 saturated carbocycles. The summed E-state index contributed by atoms with van der Waals surface area (Å²) >= 11 is 5.50. The lowest BCUT2D eigenvalue weighted by Crippen LogP contribution is -2.31. The van der Waals surface area contributed by atoms with E-state index in [1.807, 2.05) is 28.8 Å². The van der Waals surface area contributed by atoms with Crippen molar-refractivity contribution in [2.75, 3.05) is 12.4 Å². The summed E-state index contributed by atoms with van der Waals surface area (Å²) < 4.78 is 2.04. The van der Waals surface area contributed by atoms with Crippen LogP contribution in [0.2, 0.25) is 0 Å². The van der Waals surface area contributed by atoms with Gasteiger partial charge in [-0.3, -0.25) is 4.68 Å². The van der Waals surface area contributed by atoms with Gasteiger partial charge in [0.1, 0.15) is 0 Å². The Morgan fingerprint density at radius 2 is 1.86 bits per heavy atom. The summed E-state index contributed by atoms with van der Waals surface area (Å²) in [6.07, 6.45) is 0. The number of aryl methyl sites for hydroxylation is 3. The van der Waals surface area contributed by atoms with E-state index >= 15 is 0 Å². The van der Waals surface area contributed by atoms with Crippen LogP contribution in [0.4, 0.5) is 5.69 Å². The van der Waals surface area contributed by atoms with Gasteiger partial charge < -0.3 is 10.2 Å².